The van der Waals surface area contributed by atoms with Gasteiger partial charge in [0, 0.05) is 25.7 Å². The zero-order chi connectivity index (χ0) is 17.6. The van der Waals surface area contributed by atoms with Gasteiger partial charge in [-0.25, -0.2) is 4.79 Å². The van der Waals surface area contributed by atoms with Crippen LogP contribution in [0.15, 0.2) is 0 Å². The lowest BCUT2D eigenvalue weighted by atomic mass is 9.86. The maximum Gasteiger partial charge on any atom is 0.407 e. The smallest absolute Gasteiger partial charge is 0.407 e. The van der Waals surface area contributed by atoms with Gasteiger partial charge >= 0.3 is 12.1 Å². The van der Waals surface area contributed by atoms with Crippen molar-refractivity contribution < 1.29 is 23.8 Å². The Balaban J connectivity index is 1.81. The highest BCUT2D eigenvalue weighted by molar-refractivity contribution is 5.72. The van der Waals surface area contributed by atoms with Crippen LogP contribution in [-0.2, 0) is 19.0 Å². The van der Waals surface area contributed by atoms with Gasteiger partial charge in [0.05, 0.1) is 5.92 Å². The highest BCUT2D eigenvalue weighted by Crippen LogP contribution is 2.28. The van der Waals surface area contributed by atoms with E-state index in [0.717, 1.165) is 38.5 Å². The summed E-state index contributed by atoms with van der Waals surface area (Å²) in [6.45, 7) is 7.27. The summed E-state index contributed by atoms with van der Waals surface area (Å²) in [4.78, 5) is 24.2. The van der Waals surface area contributed by atoms with Crippen molar-refractivity contribution in [2.75, 3.05) is 19.8 Å². The second kappa shape index (κ2) is 8.70. The molecule has 1 heterocycles. The first-order valence-corrected chi connectivity index (χ1v) is 9.10. The molecule has 0 spiro atoms. The topological polar surface area (TPSA) is 73.9 Å². The molecule has 0 aromatic rings. The van der Waals surface area contributed by atoms with Crippen LogP contribution in [0.5, 0.6) is 0 Å². The van der Waals surface area contributed by atoms with Crippen LogP contribution < -0.4 is 5.32 Å². The molecule has 2 aliphatic rings. The van der Waals surface area contributed by atoms with Crippen LogP contribution in [0.4, 0.5) is 4.79 Å². The highest BCUT2D eigenvalue weighted by atomic mass is 16.6. The molecule has 1 saturated heterocycles. The number of carbonyl (C=O) groups excluding carboxylic acids is 2. The molecule has 2 rings (SSSR count). The first-order chi connectivity index (χ1) is 11.3. The summed E-state index contributed by atoms with van der Waals surface area (Å²) >= 11 is 0. The number of hydrogen-bond donors (Lipinski definition) is 1. The van der Waals surface area contributed by atoms with Gasteiger partial charge in [-0.3, -0.25) is 4.79 Å². The second-order valence-corrected chi connectivity index (χ2v) is 7.79. The van der Waals surface area contributed by atoms with Crippen LogP contribution >= 0.6 is 0 Å². The molecular weight excluding hydrogens is 310 g/mol. The Bertz CT molecular complexity index is 426. The maximum atomic E-state index is 12.3. The van der Waals surface area contributed by atoms with Gasteiger partial charge in [-0.2, -0.15) is 0 Å². The number of ether oxygens (including phenoxy) is 3. The standard InChI is InChI=1S/C18H31NO5/c1-18(2,3)24-17(21)19-12-14-6-4-5-7-15(14)23-16(20)13-8-10-22-11-9-13/h13-15H,4-12H2,1-3H3,(H,19,21)/t14-,15+/m0/s1. The number of esters is 1. The lowest BCUT2D eigenvalue weighted by Crippen LogP contribution is -2.41. The zero-order valence-corrected chi connectivity index (χ0v) is 15.1. The largest absolute Gasteiger partial charge is 0.462 e. The van der Waals surface area contributed by atoms with Crippen molar-refractivity contribution in [3.8, 4) is 0 Å². The van der Waals surface area contributed by atoms with E-state index in [4.69, 9.17) is 14.2 Å². The van der Waals surface area contributed by atoms with Crippen molar-refractivity contribution in [1.82, 2.24) is 5.32 Å². The van der Waals surface area contributed by atoms with Crippen LogP contribution in [0, 0.1) is 11.8 Å². The molecule has 0 bridgehead atoms. The second-order valence-electron chi connectivity index (χ2n) is 7.79. The number of alkyl carbamates (subject to hydrolysis) is 1. The molecule has 1 amide bonds. The van der Waals surface area contributed by atoms with Crippen molar-refractivity contribution in [3.05, 3.63) is 0 Å². The van der Waals surface area contributed by atoms with E-state index in [9.17, 15) is 9.59 Å². The molecule has 0 unspecified atom stereocenters. The van der Waals surface area contributed by atoms with E-state index in [1.807, 2.05) is 20.8 Å². The number of hydrogen-bond acceptors (Lipinski definition) is 5. The third kappa shape index (κ3) is 6.30. The summed E-state index contributed by atoms with van der Waals surface area (Å²) in [5.74, 6) is 0.0164. The minimum Gasteiger partial charge on any atom is -0.462 e. The molecule has 2 fully saturated rings. The Morgan fingerprint density at radius 2 is 1.75 bits per heavy atom. The fourth-order valence-corrected chi connectivity index (χ4v) is 3.27. The maximum absolute atomic E-state index is 12.3. The van der Waals surface area contributed by atoms with E-state index in [0.29, 0.717) is 19.8 Å². The Morgan fingerprint density at radius 1 is 1.08 bits per heavy atom. The molecule has 1 saturated carbocycles. The number of nitrogens with one attached hydrogen (secondary N) is 1. The third-order valence-corrected chi connectivity index (χ3v) is 4.57. The van der Waals surface area contributed by atoms with Crippen molar-refractivity contribution >= 4 is 12.1 Å². The first-order valence-electron chi connectivity index (χ1n) is 9.10. The Kier molecular flexibility index (Phi) is 6.90. The molecule has 1 N–H and O–H groups in total. The third-order valence-electron chi connectivity index (χ3n) is 4.57. The van der Waals surface area contributed by atoms with Crippen LogP contribution in [0.1, 0.15) is 59.3 Å². The van der Waals surface area contributed by atoms with E-state index in [1.165, 1.54) is 0 Å². The number of amides is 1. The van der Waals surface area contributed by atoms with Gasteiger partial charge in [0.1, 0.15) is 11.7 Å². The van der Waals surface area contributed by atoms with Crippen LogP contribution in [-0.4, -0.2) is 43.5 Å². The normalized spacial score (nSPS) is 25.8. The van der Waals surface area contributed by atoms with Gasteiger partial charge in [0.25, 0.3) is 0 Å². The predicted octanol–water partition coefficient (Wildman–Crippen LogP) is 3.04. The van der Waals surface area contributed by atoms with E-state index < -0.39 is 11.7 Å². The van der Waals surface area contributed by atoms with Crippen molar-refractivity contribution in [1.29, 1.82) is 0 Å². The van der Waals surface area contributed by atoms with Gasteiger partial charge in [-0.05, 0) is 52.9 Å². The average molecular weight is 341 g/mol. The lowest BCUT2D eigenvalue weighted by molar-refractivity contribution is -0.161. The van der Waals surface area contributed by atoms with E-state index in [2.05, 4.69) is 5.32 Å². The average Bonchev–Trinajstić information content (AvgIpc) is 2.53. The summed E-state index contributed by atoms with van der Waals surface area (Å²) in [6.07, 6.45) is 4.96. The van der Waals surface area contributed by atoms with Gasteiger partial charge in [0.2, 0.25) is 0 Å². The Labute approximate surface area is 144 Å². The van der Waals surface area contributed by atoms with Gasteiger partial charge in [-0.1, -0.05) is 6.42 Å². The number of carbonyl (C=O) groups is 2. The predicted molar refractivity (Wildman–Crippen MR) is 89.6 cm³/mol. The van der Waals surface area contributed by atoms with E-state index >= 15 is 0 Å². The molecule has 6 nitrogen and oxygen atoms in total. The summed E-state index contributed by atoms with van der Waals surface area (Å²) in [5, 5.41) is 2.82. The fourth-order valence-electron chi connectivity index (χ4n) is 3.27. The van der Waals surface area contributed by atoms with Crippen LogP contribution in [0.2, 0.25) is 0 Å². The summed E-state index contributed by atoms with van der Waals surface area (Å²) in [6, 6.07) is 0. The minimum atomic E-state index is -0.508. The van der Waals surface area contributed by atoms with Gasteiger partial charge in [0.15, 0.2) is 0 Å². The summed E-state index contributed by atoms with van der Waals surface area (Å²) in [5.41, 5.74) is -0.508. The fraction of sp³-hybridized carbons (Fsp3) is 0.889. The first kappa shape index (κ1) is 19.0. The molecule has 2 atom stereocenters. The summed E-state index contributed by atoms with van der Waals surface area (Å²) in [7, 11) is 0. The molecule has 1 aliphatic carbocycles. The molecule has 0 aromatic heterocycles. The highest BCUT2D eigenvalue weighted by Gasteiger charge is 2.32. The Hall–Kier alpha value is -1.30. The Morgan fingerprint density at radius 3 is 2.42 bits per heavy atom. The monoisotopic (exact) mass is 341 g/mol. The van der Waals surface area contributed by atoms with Crippen molar-refractivity contribution in [3.63, 3.8) is 0 Å². The summed E-state index contributed by atoms with van der Waals surface area (Å²) < 4.78 is 16.4. The molecule has 6 heteroatoms. The quantitative estimate of drug-likeness (QED) is 0.796. The molecular formula is C18H31NO5. The van der Waals surface area contributed by atoms with Gasteiger partial charge in [-0.15, -0.1) is 0 Å². The van der Waals surface area contributed by atoms with Crippen molar-refractivity contribution in [2.24, 2.45) is 11.8 Å². The number of rotatable bonds is 4. The molecule has 138 valence electrons. The zero-order valence-electron chi connectivity index (χ0n) is 15.1. The van der Waals surface area contributed by atoms with Gasteiger partial charge < -0.3 is 19.5 Å². The minimum absolute atomic E-state index is 0.0415. The van der Waals surface area contributed by atoms with Crippen LogP contribution in [0.25, 0.3) is 0 Å². The molecule has 24 heavy (non-hydrogen) atoms. The molecule has 0 radical (unpaired) electrons. The van der Waals surface area contributed by atoms with E-state index in [1.54, 1.807) is 0 Å². The molecule has 1 aliphatic heterocycles. The molecule has 0 aromatic carbocycles. The van der Waals surface area contributed by atoms with Crippen LogP contribution in [0.3, 0.4) is 0 Å². The van der Waals surface area contributed by atoms with E-state index in [-0.39, 0.29) is 23.9 Å². The lowest BCUT2D eigenvalue weighted by Gasteiger charge is -2.33. The van der Waals surface area contributed by atoms with Crippen molar-refractivity contribution in [2.45, 2.75) is 71.0 Å². The SMILES string of the molecule is CC(C)(C)OC(=O)NC[C@@H]1CCCC[C@H]1OC(=O)C1CCOCC1.